The predicted molar refractivity (Wildman–Crippen MR) is 274 cm³/mol. The van der Waals surface area contributed by atoms with Gasteiger partial charge >= 0.3 is 0 Å². The van der Waals surface area contributed by atoms with E-state index in [1.165, 1.54) is 135 Å². The molecule has 0 aromatic carbocycles. The number of phosphoric acid groups is 1. The van der Waals surface area contributed by atoms with E-state index in [-0.39, 0.29) is 19.1 Å². The SMILES string of the molecule is CC/C=C\C/C=C\C/C=C\C/C=C\CCCCCCCCCCC(=O)NC(COP(=O)([O-])OCC[N+](C)(C)C)C(O)/C=C/CCCCCCCCCCCCCCCCCCCCC. The van der Waals surface area contributed by atoms with Crippen molar-refractivity contribution in [1.82, 2.24) is 5.32 Å². The highest BCUT2D eigenvalue weighted by atomic mass is 31.2. The van der Waals surface area contributed by atoms with Crippen LogP contribution in [0.2, 0.25) is 0 Å². The van der Waals surface area contributed by atoms with E-state index in [0.29, 0.717) is 17.4 Å². The summed E-state index contributed by atoms with van der Waals surface area (Å²) < 4.78 is 23.3. The third-order valence-corrected chi connectivity index (χ3v) is 12.7. The van der Waals surface area contributed by atoms with E-state index < -0.39 is 20.0 Å². The lowest BCUT2D eigenvalue weighted by Crippen LogP contribution is -2.45. The summed E-state index contributed by atoms with van der Waals surface area (Å²) in [6.45, 7) is 4.54. The molecule has 9 heteroatoms. The Labute approximate surface area is 396 Å². The Morgan fingerprint density at radius 2 is 0.953 bits per heavy atom. The van der Waals surface area contributed by atoms with E-state index in [4.69, 9.17) is 9.05 Å². The van der Waals surface area contributed by atoms with E-state index in [9.17, 15) is 19.4 Å². The van der Waals surface area contributed by atoms with Gasteiger partial charge in [-0.15, -0.1) is 0 Å². The maximum Gasteiger partial charge on any atom is 0.268 e. The first-order chi connectivity index (χ1) is 31.0. The molecule has 0 aliphatic rings. The molecule has 0 aromatic rings. The van der Waals surface area contributed by atoms with Crippen molar-refractivity contribution in [2.24, 2.45) is 0 Å². The largest absolute Gasteiger partial charge is 0.756 e. The number of unbranched alkanes of at least 4 members (excludes halogenated alkanes) is 27. The van der Waals surface area contributed by atoms with Crippen LogP contribution in [0.1, 0.15) is 232 Å². The second-order valence-electron chi connectivity index (χ2n) is 19.2. The van der Waals surface area contributed by atoms with Gasteiger partial charge in [-0.05, 0) is 57.8 Å². The fourth-order valence-electron chi connectivity index (χ4n) is 7.56. The number of nitrogens with one attached hydrogen (secondary N) is 1. The summed E-state index contributed by atoms with van der Waals surface area (Å²) in [5.41, 5.74) is 0. The van der Waals surface area contributed by atoms with Crippen LogP contribution < -0.4 is 10.2 Å². The van der Waals surface area contributed by atoms with Crippen LogP contribution in [0.15, 0.2) is 60.8 Å². The quantitative estimate of drug-likeness (QED) is 0.0272. The first-order valence-corrected chi connectivity index (χ1v) is 28.1. The Morgan fingerprint density at radius 1 is 0.562 bits per heavy atom. The van der Waals surface area contributed by atoms with Gasteiger partial charge in [-0.1, -0.05) is 229 Å². The molecular formula is C55H103N2O6P. The second kappa shape index (κ2) is 46.3. The molecule has 0 aliphatic carbocycles. The van der Waals surface area contributed by atoms with Gasteiger partial charge in [0.1, 0.15) is 13.2 Å². The Morgan fingerprint density at radius 3 is 1.39 bits per heavy atom. The Kier molecular flexibility index (Phi) is 45.0. The zero-order valence-electron chi connectivity index (χ0n) is 42.5. The summed E-state index contributed by atoms with van der Waals surface area (Å²) in [7, 11) is 1.25. The van der Waals surface area contributed by atoms with Crippen LogP contribution in [0.25, 0.3) is 0 Å². The molecule has 0 radical (unpaired) electrons. The number of carbonyl (C=O) groups is 1. The van der Waals surface area contributed by atoms with Crippen molar-refractivity contribution < 1.29 is 32.9 Å². The molecular weight excluding hydrogens is 816 g/mol. The van der Waals surface area contributed by atoms with Gasteiger partial charge in [0.05, 0.1) is 39.9 Å². The topological polar surface area (TPSA) is 108 Å². The molecule has 1 amide bonds. The van der Waals surface area contributed by atoms with Gasteiger partial charge < -0.3 is 28.8 Å². The highest BCUT2D eigenvalue weighted by Gasteiger charge is 2.23. The number of hydrogen-bond donors (Lipinski definition) is 2. The van der Waals surface area contributed by atoms with Crippen LogP contribution in [-0.2, 0) is 18.4 Å². The van der Waals surface area contributed by atoms with E-state index in [0.717, 1.165) is 77.0 Å². The molecule has 0 saturated heterocycles. The van der Waals surface area contributed by atoms with Crippen molar-refractivity contribution in [2.45, 2.75) is 244 Å². The second-order valence-corrected chi connectivity index (χ2v) is 20.6. The monoisotopic (exact) mass is 919 g/mol. The third kappa shape index (κ3) is 48.1. The van der Waals surface area contributed by atoms with Gasteiger partial charge in [0.25, 0.3) is 7.82 Å². The van der Waals surface area contributed by atoms with Crippen LogP contribution in [-0.4, -0.2) is 68.5 Å². The molecule has 2 N–H and O–H groups in total. The molecule has 8 nitrogen and oxygen atoms in total. The maximum atomic E-state index is 12.9. The number of quaternary nitrogens is 1. The summed E-state index contributed by atoms with van der Waals surface area (Å²) in [5, 5.41) is 13.9. The molecule has 3 atom stereocenters. The van der Waals surface area contributed by atoms with Crippen molar-refractivity contribution in [3.05, 3.63) is 60.8 Å². The number of rotatable bonds is 48. The average Bonchev–Trinajstić information content (AvgIpc) is 3.25. The van der Waals surface area contributed by atoms with Gasteiger partial charge in [-0.25, -0.2) is 0 Å². The number of nitrogens with zero attached hydrogens (tertiary/aromatic N) is 1. The van der Waals surface area contributed by atoms with Crippen LogP contribution in [0.4, 0.5) is 0 Å². The highest BCUT2D eigenvalue weighted by molar-refractivity contribution is 7.45. The first kappa shape index (κ1) is 62.2. The number of hydrogen-bond acceptors (Lipinski definition) is 6. The summed E-state index contributed by atoms with van der Waals surface area (Å²) in [5.74, 6) is -0.206. The van der Waals surface area contributed by atoms with Crippen molar-refractivity contribution in [1.29, 1.82) is 0 Å². The summed E-state index contributed by atoms with van der Waals surface area (Å²) >= 11 is 0. The van der Waals surface area contributed by atoms with E-state index >= 15 is 0 Å². The lowest BCUT2D eigenvalue weighted by Gasteiger charge is -2.29. The minimum Gasteiger partial charge on any atom is -0.756 e. The van der Waals surface area contributed by atoms with Crippen LogP contribution in [0, 0.1) is 0 Å². The van der Waals surface area contributed by atoms with Gasteiger partial charge in [-0.3, -0.25) is 9.36 Å². The smallest absolute Gasteiger partial charge is 0.268 e. The summed E-state index contributed by atoms with van der Waals surface area (Å²) in [6, 6.07) is -0.894. The minimum absolute atomic E-state index is 0.00473. The molecule has 0 rings (SSSR count). The molecule has 0 spiro atoms. The first-order valence-electron chi connectivity index (χ1n) is 26.7. The molecule has 0 saturated carbocycles. The lowest BCUT2D eigenvalue weighted by atomic mass is 10.0. The number of aliphatic hydroxyl groups is 1. The highest BCUT2D eigenvalue weighted by Crippen LogP contribution is 2.38. The molecule has 0 bridgehead atoms. The Hall–Kier alpha value is -1.80. The number of amides is 1. The summed E-state index contributed by atoms with van der Waals surface area (Å²) in [6.07, 6.45) is 61.3. The lowest BCUT2D eigenvalue weighted by molar-refractivity contribution is -0.870. The van der Waals surface area contributed by atoms with Gasteiger partial charge in [0.2, 0.25) is 5.91 Å². The Bertz CT molecular complexity index is 1230. The number of carbonyl (C=O) groups excluding carboxylic acids is 1. The predicted octanol–water partition coefficient (Wildman–Crippen LogP) is 15.1. The Balaban J connectivity index is 4.31. The number of phosphoric ester groups is 1. The van der Waals surface area contributed by atoms with Crippen LogP contribution >= 0.6 is 7.82 Å². The average molecular weight is 919 g/mol. The minimum atomic E-state index is -4.60. The van der Waals surface area contributed by atoms with Crippen LogP contribution in [0.3, 0.4) is 0 Å². The molecule has 3 unspecified atom stereocenters. The normalized spacial score (nSPS) is 14.5. The maximum absolute atomic E-state index is 12.9. The number of aliphatic hydroxyl groups excluding tert-OH is 1. The molecule has 0 aromatic heterocycles. The van der Waals surface area contributed by atoms with Crippen molar-refractivity contribution in [3.63, 3.8) is 0 Å². The zero-order valence-corrected chi connectivity index (χ0v) is 43.4. The zero-order chi connectivity index (χ0) is 47.1. The molecule has 0 heterocycles. The number of likely N-dealkylation sites (N-methyl/N-ethyl adjacent to an activating group) is 1. The van der Waals surface area contributed by atoms with E-state index in [2.05, 4.69) is 67.8 Å². The van der Waals surface area contributed by atoms with Crippen molar-refractivity contribution in [3.8, 4) is 0 Å². The number of allylic oxidation sites excluding steroid dienone is 9. The van der Waals surface area contributed by atoms with Crippen LogP contribution in [0.5, 0.6) is 0 Å². The molecule has 0 fully saturated rings. The van der Waals surface area contributed by atoms with Gasteiger partial charge in [0.15, 0.2) is 0 Å². The summed E-state index contributed by atoms with van der Waals surface area (Å²) in [4.78, 5) is 25.4. The fraction of sp³-hybridized carbons (Fsp3) is 0.800. The standard InChI is InChI=1S/C55H103N2O6P/c1-6-8-10-12-14-16-18-20-22-24-26-28-30-32-34-36-38-40-42-44-46-48-54(58)53(52-63-64(60,61)62-51-50-57(3,4)5)56-55(59)49-47-45-43-41-39-37-35-33-31-29-27-25-23-21-19-17-15-13-11-9-7-2/h9,11,15,17,21,23,27,29,46,48,53-54,58H,6-8,10,12-14,16,18-20,22,24-26,28,30-45,47,49-52H2,1-5H3,(H-,56,59,60,61)/b11-9-,17-15-,23-21-,29-27-,48-46+. The van der Waals surface area contributed by atoms with E-state index in [1.54, 1.807) is 6.08 Å². The molecule has 0 aliphatic heterocycles. The van der Waals surface area contributed by atoms with Crippen molar-refractivity contribution in [2.75, 3.05) is 40.9 Å². The fourth-order valence-corrected chi connectivity index (χ4v) is 8.28. The third-order valence-electron chi connectivity index (χ3n) is 11.7. The molecule has 374 valence electrons. The van der Waals surface area contributed by atoms with Gasteiger partial charge in [-0.2, -0.15) is 0 Å². The van der Waals surface area contributed by atoms with Gasteiger partial charge in [0, 0.05) is 6.42 Å². The van der Waals surface area contributed by atoms with E-state index in [1.807, 2.05) is 27.2 Å². The molecule has 64 heavy (non-hydrogen) atoms. The van der Waals surface area contributed by atoms with Crippen molar-refractivity contribution >= 4 is 13.7 Å².